The Morgan fingerprint density at radius 2 is 2.46 bits per heavy atom. The van der Waals surface area contributed by atoms with E-state index < -0.39 is 11.3 Å². The Bertz CT molecular complexity index is 395. The molecule has 0 bridgehead atoms. The molecule has 5 heteroatoms. The zero-order chi connectivity index (χ0) is 9.42. The van der Waals surface area contributed by atoms with Gasteiger partial charge in [0.25, 0.3) is 0 Å². The second kappa shape index (κ2) is 3.02. The molecule has 66 valence electrons. The molecule has 2 unspecified atom stereocenters. The van der Waals surface area contributed by atoms with E-state index in [-0.39, 0.29) is 5.91 Å². The number of halogens is 1. The molecule has 1 aromatic rings. The quantitative estimate of drug-likeness (QED) is 0.670. The fraction of sp³-hybridized carbons (Fsp3) is 0.250. The summed E-state index contributed by atoms with van der Waals surface area (Å²) in [5.41, 5.74) is 0.738. The summed E-state index contributed by atoms with van der Waals surface area (Å²) in [5, 5.41) is 12.7. The average Bonchev–Trinajstić information content (AvgIpc) is 2.53. The molecule has 2 atom stereocenters. The third kappa shape index (κ3) is 1.21. The van der Waals surface area contributed by atoms with Crippen molar-refractivity contribution < 1.29 is 4.79 Å². The minimum absolute atomic E-state index is 0.312. The van der Waals surface area contributed by atoms with E-state index in [4.69, 9.17) is 16.9 Å². The van der Waals surface area contributed by atoms with Gasteiger partial charge in [0.1, 0.15) is 5.92 Å². The van der Waals surface area contributed by atoms with Gasteiger partial charge in [-0.2, -0.15) is 5.26 Å². The van der Waals surface area contributed by atoms with Crippen LogP contribution in [0.1, 0.15) is 10.3 Å². The molecule has 3 nitrogen and oxygen atoms in total. The van der Waals surface area contributed by atoms with Gasteiger partial charge in [-0.25, -0.2) is 0 Å². The first-order valence-electron chi connectivity index (χ1n) is 3.66. The molecule has 0 aromatic carbocycles. The monoisotopic (exact) mass is 212 g/mol. The number of carbonyl (C=O) groups excluding carboxylic acids is 1. The van der Waals surface area contributed by atoms with Crippen molar-refractivity contribution in [3.63, 3.8) is 0 Å². The fourth-order valence-electron chi connectivity index (χ4n) is 1.26. The predicted octanol–water partition coefficient (Wildman–Crippen LogP) is 2.12. The van der Waals surface area contributed by atoms with Crippen LogP contribution >= 0.6 is 22.9 Å². The number of nitrogens with zero attached hydrogens (tertiary/aromatic N) is 1. The zero-order valence-electron chi connectivity index (χ0n) is 6.45. The highest BCUT2D eigenvalue weighted by Gasteiger charge is 2.35. The summed E-state index contributed by atoms with van der Waals surface area (Å²) >= 11 is 7.43. The van der Waals surface area contributed by atoms with Gasteiger partial charge in [-0.15, -0.1) is 22.9 Å². The van der Waals surface area contributed by atoms with Gasteiger partial charge in [0.05, 0.1) is 17.1 Å². The van der Waals surface area contributed by atoms with Crippen molar-refractivity contribution in [3.8, 4) is 6.07 Å². The summed E-state index contributed by atoms with van der Waals surface area (Å²) in [7, 11) is 0. The molecule has 1 amide bonds. The van der Waals surface area contributed by atoms with Crippen molar-refractivity contribution in [2.24, 2.45) is 5.92 Å². The molecule has 13 heavy (non-hydrogen) atoms. The van der Waals surface area contributed by atoms with Gasteiger partial charge in [-0.05, 0) is 11.4 Å². The van der Waals surface area contributed by atoms with Crippen LogP contribution in [0.2, 0.25) is 0 Å². The van der Waals surface area contributed by atoms with E-state index in [1.165, 1.54) is 11.3 Å². The number of hydrogen-bond donors (Lipinski definition) is 1. The smallest absolute Gasteiger partial charge is 0.243 e. The van der Waals surface area contributed by atoms with Crippen LogP contribution in [0.3, 0.4) is 0 Å². The molecule has 2 heterocycles. The van der Waals surface area contributed by atoms with E-state index in [9.17, 15) is 4.79 Å². The highest BCUT2D eigenvalue weighted by Crippen LogP contribution is 2.41. The Balaban J connectivity index is 2.46. The molecular weight excluding hydrogens is 208 g/mol. The third-order valence-corrected chi connectivity index (χ3v) is 3.52. The first-order chi connectivity index (χ1) is 6.24. The second-order valence-corrected chi connectivity index (χ2v) is 4.11. The van der Waals surface area contributed by atoms with E-state index in [1.54, 1.807) is 6.07 Å². The summed E-state index contributed by atoms with van der Waals surface area (Å²) in [6, 6.07) is 3.69. The number of carbonyl (C=O) groups is 1. The van der Waals surface area contributed by atoms with E-state index in [2.05, 4.69) is 5.32 Å². The van der Waals surface area contributed by atoms with Crippen LogP contribution in [-0.4, -0.2) is 5.91 Å². The topological polar surface area (TPSA) is 52.9 Å². The Morgan fingerprint density at radius 1 is 1.69 bits per heavy atom. The van der Waals surface area contributed by atoms with E-state index >= 15 is 0 Å². The van der Waals surface area contributed by atoms with Crippen LogP contribution in [0, 0.1) is 17.2 Å². The molecule has 1 aromatic heterocycles. The van der Waals surface area contributed by atoms with Crippen molar-refractivity contribution in [2.45, 2.75) is 5.38 Å². The number of fused-ring (bicyclic) bond motifs is 1. The SMILES string of the molecule is N#CC1C(=O)Nc2ccsc2C1Cl. The van der Waals surface area contributed by atoms with Crippen LogP contribution < -0.4 is 5.32 Å². The molecule has 0 saturated carbocycles. The average molecular weight is 213 g/mol. The molecule has 0 fully saturated rings. The van der Waals surface area contributed by atoms with Gasteiger partial charge in [-0.1, -0.05) is 0 Å². The van der Waals surface area contributed by atoms with Gasteiger partial charge in [-0.3, -0.25) is 4.79 Å². The van der Waals surface area contributed by atoms with Crippen molar-refractivity contribution in [2.75, 3.05) is 5.32 Å². The van der Waals surface area contributed by atoms with Crippen LogP contribution in [0.5, 0.6) is 0 Å². The Labute approximate surface area is 83.9 Å². The number of nitrogens with one attached hydrogen (secondary N) is 1. The predicted molar refractivity (Wildman–Crippen MR) is 50.6 cm³/mol. The minimum atomic E-state index is -0.771. The second-order valence-electron chi connectivity index (χ2n) is 2.70. The number of amides is 1. The van der Waals surface area contributed by atoms with Crippen LogP contribution in [0.15, 0.2) is 11.4 Å². The normalized spacial score (nSPS) is 26.0. The maximum atomic E-state index is 11.3. The molecule has 1 aliphatic rings. The van der Waals surface area contributed by atoms with E-state index in [0.29, 0.717) is 0 Å². The lowest BCUT2D eigenvalue weighted by molar-refractivity contribution is -0.118. The lowest BCUT2D eigenvalue weighted by atomic mass is 10.0. The summed E-state index contributed by atoms with van der Waals surface area (Å²) in [4.78, 5) is 12.2. The van der Waals surface area contributed by atoms with E-state index in [0.717, 1.165) is 10.6 Å². The first-order valence-corrected chi connectivity index (χ1v) is 4.97. The van der Waals surface area contributed by atoms with Crippen molar-refractivity contribution in [3.05, 3.63) is 16.3 Å². The number of anilines is 1. The molecular formula is C8H5ClN2OS. The maximum absolute atomic E-state index is 11.3. The number of nitriles is 1. The summed E-state index contributed by atoms with van der Waals surface area (Å²) in [5.74, 6) is -1.08. The maximum Gasteiger partial charge on any atom is 0.243 e. The van der Waals surface area contributed by atoms with Gasteiger partial charge in [0.15, 0.2) is 0 Å². The van der Waals surface area contributed by atoms with Crippen LogP contribution in [0.25, 0.3) is 0 Å². The highest BCUT2D eigenvalue weighted by molar-refractivity contribution is 7.11. The Morgan fingerprint density at radius 3 is 3.15 bits per heavy atom. The number of thiophene rings is 1. The third-order valence-electron chi connectivity index (χ3n) is 1.92. The molecule has 0 saturated heterocycles. The molecule has 0 aliphatic carbocycles. The lowest BCUT2D eigenvalue weighted by Gasteiger charge is -2.21. The van der Waals surface area contributed by atoms with Crippen molar-refractivity contribution in [1.82, 2.24) is 0 Å². The molecule has 2 rings (SSSR count). The summed E-state index contributed by atoms with van der Waals surface area (Å²) < 4.78 is 0. The van der Waals surface area contributed by atoms with Gasteiger partial charge in [0.2, 0.25) is 5.91 Å². The zero-order valence-corrected chi connectivity index (χ0v) is 8.02. The first kappa shape index (κ1) is 8.54. The lowest BCUT2D eigenvalue weighted by Crippen LogP contribution is -2.29. The minimum Gasteiger partial charge on any atom is -0.324 e. The van der Waals surface area contributed by atoms with Crippen LogP contribution in [-0.2, 0) is 4.79 Å². The number of hydrogen-bond acceptors (Lipinski definition) is 3. The summed E-state index contributed by atoms with van der Waals surface area (Å²) in [6.07, 6.45) is 0. The van der Waals surface area contributed by atoms with Gasteiger partial charge in [0, 0.05) is 4.88 Å². The van der Waals surface area contributed by atoms with Crippen molar-refractivity contribution >= 4 is 34.5 Å². The number of alkyl halides is 1. The number of rotatable bonds is 0. The fourth-order valence-corrected chi connectivity index (χ4v) is 2.56. The summed E-state index contributed by atoms with van der Waals surface area (Å²) in [6.45, 7) is 0. The van der Waals surface area contributed by atoms with Gasteiger partial charge < -0.3 is 5.32 Å². The standard InChI is InChI=1S/C8H5ClN2OS/c9-6-4(3-10)8(12)11-5-1-2-13-7(5)6/h1-2,4,6H,(H,11,12). The Kier molecular flexibility index (Phi) is 1.98. The molecule has 0 radical (unpaired) electrons. The Hall–Kier alpha value is -1.05. The molecule has 1 aliphatic heterocycles. The molecule has 1 N–H and O–H groups in total. The highest BCUT2D eigenvalue weighted by atomic mass is 35.5. The molecule has 0 spiro atoms. The largest absolute Gasteiger partial charge is 0.324 e. The van der Waals surface area contributed by atoms with E-state index in [1.807, 2.05) is 11.4 Å². The van der Waals surface area contributed by atoms with Gasteiger partial charge >= 0.3 is 0 Å². The van der Waals surface area contributed by atoms with Crippen molar-refractivity contribution in [1.29, 1.82) is 5.26 Å². The van der Waals surface area contributed by atoms with Crippen LogP contribution in [0.4, 0.5) is 5.69 Å².